The van der Waals surface area contributed by atoms with Crippen molar-refractivity contribution in [3.8, 4) is 22.6 Å². The molecule has 0 aliphatic carbocycles. The summed E-state index contributed by atoms with van der Waals surface area (Å²) in [5.41, 5.74) is 3.11. The molecule has 3 nitrogen and oxygen atoms in total. The molecule has 4 aromatic rings. The molecule has 3 heteroatoms. The maximum Gasteiger partial charge on any atom is 0.222 e. The van der Waals surface area contributed by atoms with Crippen LogP contribution in [0.25, 0.3) is 11.1 Å². The quantitative estimate of drug-likeness (QED) is 0.200. The zero-order chi connectivity index (χ0) is 20.4. The number of hydrogen-bond donors (Lipinski definition) is 0. The largest absolute Gasteiger partial charge is 0.465 e. The summed E-state index contributed by atoms with van der Waals surface area (Å²) in [7, 11) is 0. The van der Waals surface area contributed by atoms with Gasteiger partial charge in [-0.15, -0.1) is 0 Å². The molecular formula is C27H21NO2. The molecular weight excluding hydrogens is 370 g/mol. The van der Waals surface area contributed by atoms with Crippen molar-refractivity contribution in [2.24, 2.45) is 4.99 Å². The van der Waals surface area contributed by atoms with E-state index in [2.05, 4.69) is 29.3 Å². The minimum atomic E-state index is 0.435. The van der Waals surface area contributed by atoms with E-state index in [0.29, 0.717) is 11.6 Å². The average molecular weight is 391 g/mol. The van der Waals surface area contributed by atoms with Crippen LogP contribution >= 0.6 is 0 Å². The van der Waals surface area contributed by atoms with Crippen molar-refractivity contribution < 1.29 is 9.47 Å². The van der Waals surface area contributed by atoms with E-state index in [1.165, 1.54) is 5.56 Å². The smallest absolute Gasteiger partial charge is 0.222 e. The third-order valence-electron chi connectivity index (χ3n) is 4.34. The molecule has 0 radical (unpaired) electrons. The number of benzene rings is 4. The summed E-state index contributed by atoms with van der Waals surface area (Å²) in [4.78, 5) is 4.65. The molecule has 0 bridgehead atoms. The van der Waals surface area contributed by atoms with E-state index in [-0.39, 0.29) is 0 Å². The first-order valence-electron chi connectivity index (χ1n) is 9.72. The van der Waals surface area contributed by atoms with Crippen LogP contribution in [0.1, 0.15) is 0 Å². The Labute approximate surface area is 176 Å². The highest BCUT2D eigenvalue weighted by molar-refractivity contribution is 5.91. The molecule has 0 unspecified atom stereocenters. The monoisotopic (exact) mass is 391 g/mol. The zero-order valence-corrected chi connectivity index (χ0v) is 16.4. The summed E-state index contributed by atoms with van der Waals surface area (Å²) in [5, 5.41) is 0. The maximum atomic E-state index is 5.95. The van der Waals surface area contributed by atoms with E-state index in [0.717, 1.165) is 17.0 Å². The Kier molecular flexibility index (Phi) is 6.34. The van der Waals surface area contributed by atoms with Crippen LogP contribution in [0.4, 0.5) is 5.69 Å². The van der Waals surface area contributed by atoms with Crippen LogP contribution in [-0.2, 0) is 0 Å². The lowest BCUT2D eigenvalue weighted by Gasteiger charge is -2.07. The van der Waals surface area contributed by atoms with Crippen LogP contribution in [0.2, 0.25) is 0 Å². The minimum absolute atomic E-state index is 0.435. The van der Waals surface area contributed by atoms with Gasteiger partial charge in [0.15, 0.2) is 0 Å². The molecule has 4 aromatic carbocycles. The van der Waals surface area contributed by atoms with Crippen LogP contribution in [0, 0.1) is 0 Å². The molecule has 0 aliphatic heterocycles. The first-order valence-corrected chi connectivity index (χ1v) is 9.72. The molecule has 0 aliphatic rings. The van der Waals surface area contributed by atoms with E-state index in [4.69, 9.17) is 9.47 Å². The predicted molar refractivity (Wildman–Crippen MR) is 122 cm³/mol. The van der Waals surface area contributed by atoms with Gasteiger partial charge in [0.2, 0.25) is 5.90 Å². The fourth-order valence-corrected chi connectivity index (χ4v) is 2.86. The molecule has 0 atom stereocenters. The van der Waals surface area contributed by atoms with E-state index in [9.17, 15) is 0 Å². The van der Waals surface area contributed by atoms with Crippen LogP contribution in [0.3, 0.4) is 0 Å². The van der Waals surface area contributed by atoms with Gasteiger partial charge in [-0.05, 0) is 47.5 Å². The van der Waals surface area contributed by atoms with Crippen LogP contribution in [-0.4, -0.2) is 5.90 Å². The van der Waals surface area contributed by atoms with Crippen molar-refractivity contribution >= 4 is 11.6 Å². The Balaban J connectivity index is 1.55. The highest BCUT2D eigenvalue weighted by Gasteiger charge is 2.02. The first kappa shape index (κ1) is 19.2. The molecule has 30 heavy (non-hydrogen) atoms. The molecule has 0 heterocycles. The van der Waals surface area contributed by atoms with Crippen LogP contribution in [0.5, 0.6) is 11.5 Å². The lowest BCUT2D eigenvalue weighted by molar-refractivity contribution is 0.479. The number of para-hydroxylation sites is 2. The standard InChI is InChI=1S/C27H21NO2/c1-4-10-22(11-5-1)23-16-18-24(19-17-23)28-27(30-26-14-8-3-9-15-26)20-21-29-25-12-6-2-7-13-25/h1-21H. The second-order valence-electron chi connectivity index (χ2n) is 6.51. The lowest BCUT2D eigenvalue weighted by atomic mass is 10.1. The number of aliphatic imine (C=N–C) groups is 1. The molecule has 0 N–H and O–H groups in total. The van der Waals surface area contributed by atoms with E-state index in [1.807, 2.05) is 91.0 Å². The number of ether oxygens (including phenoxy) is 2. The van der Waals surface area contributed by atoms with Crippen molar-refractivity contribution in [3.05, 3.63) is 128 Å². The fourth-order valence-electron chi connectivity index (χ4n) is 2.86. The fraction of sp³-hybridized carbons (Fsp3) is 0. The molecule has 0 amide bonds. The Morgan fingerprint density at radius 2 is 1.10 bits per heavy atom. The molecule has 0 spiro atoms. The Morgan fingerprint density at radius 3 is 1.73 bits per heavy atom. The Morgan fingerprint density at radius 1 is 0.567 bits per heavy atom. The first-order chi connectivity index (χ1) is 14.9. The van der Waals surface area contributed by atoms with Gasteiger partial charge in [0.25, 0.3) is 0 Å². The van der Waals surface area contributed by atoms with Crippen LogP contribution < -0.4 is 9.47 Å². The van der Waals surface area contributed by atoms with Crippen molar-refractivity contribution in [2.45, 2.75) is 0 Å². The SMILES string of the molecule is C(=CC(=Nc1ccc(-c2ccccc2)cc1)Oc1ccccc1)Oc1ccccc1. The second kappa shape index (κ2) is 9.89. The Bertz CT molecular complexity index is 1100. The van der Waals surface area contributed by atoms with Gasteiger partial charge in [-0.2, -0.15) is 0 Å². The highest BCUT2D eigenvalue weighted by Crippen LogP contribution is 2.23. The second-order valence-corrected chi connectivity index (χ2v) is 6.51. The average Bonchev–Trinajstić information content (AvgIpc) is 2.81. The Hall–Kier alpha value is -4.11. The third-order valence-corrected chi connectivity index (χ3v) is 4.34. The molecule has 0 fully saturated rings. The van der Waals surface area contributed by atoms with Gasteiger partial charge in [0.1, 0.15) is 11.5 Å². The zero-order valence-electron chi connectivity index (χ0n) is 16.4. The number of nitrogens with zero attached hydrogens (tertiary/aromatic N) is 1. The molecule has 146 valence electrons. The van der Waals surface area contributed by atoms with Gasteiger partial charge >= 0.3 is 0 Å². The van der Waals surface area contributed by atoms with Gasteiger partial charge in [-0.25, -0.2) is 4.99 Å². The van der Waals surface area contributed by atoms with Gasteiger partial charge in [-0.1, -0.05) is 78.9 Å². The topological polar surface area (TPSA) is 30.8 Å². The molecule has 0 saturated heterocycles. The normalized spacial score (nSPS) is 11.4. The van der Waals surface area contributed by atoms with E-state index >= 15 is 0 Å². The summed E-state index contributed by atoms with van der Waals surface area (Å²) >= 11 is 0. The number of hydrogen-bond acceptors (Lipinski definition) is 3. The van der Waals surface area contributed by atoms with Gasteiger partial charge < -0.3 is 9.47 Å². The predicted octanol–water partition coefficient (Wildman–Crippen LogP) is 7.06. The van der Waals surface area contributed by atoms with E-state index < -0.39 is 0 Å². The third kappa shape index (κ3) is 5.46. The molecule has 4 rings (SSSR count). The number of rotatable bonds is 6. The van der Waals surface area contributed by atoms with Crippen molar-refractivity contribution in [1.29, 1.82) is 0 Å². The summed E-state index contributed by atoms with van der Waals surface area (Å²) < 4.78 is 11.6. The van der Waals surface area contributed by atoms with Gasteiger partial charge in [-0.3, -0.25) is 0 Å². The van der Waals surface area contributed by atoms with Crippen molar-refractivity contribution in [2.75, 3.05) is 0 Å². The van der Waals surface area contributed by atoms with Crippen LogP contribution in [0.15, 0.2) is 133 Å². The van der Waals surface area contributed by atoms with Crippen molar-refractivity contribution in [1.82, 2.24) is 0 Å². The summed E-state index contributed by atoms with van der Waals surface area (Å²) in [6, 6.07) is 37.5. The van der Waals surface area contributed by atoms with Crippen molar-refractivity contribution in [3.63, 3.8) is 0 Å². The van der Waals surface area contributed by atoms with E-state index in [1.54, 1.807) is 12.3 Å². The highest BCUT2D eigenvalue weighted by atomic mass is 16.5. The maximum absolute atomic E-state index is 5.95. The minimum Gasteiger partial charge on any atom is -0.465 e. The molecule has 0 aromatic heterocycles. The molecule has 0 saturated carbocycles. The van der Waals surface area contributed by atoms with Gasteiger partial charge in [0.05, 0.1) is 11.9 Å². The summed E-state index contributed by atoms with van der Waals surface area (Å²) in [6.07, 6.45) is 3.29. The summed E-state index contributed by atoms with van der Waals surface area (Å²) in [6.45, 7) is 0. The van der Waals surface area contributed by atoms with Gasteiger partial charge in [0, 0.05) is 6.08 Å². The summed E-state index contributed by atoms with van der Waals surface area (Å²) in [5.74, 6) is 1.89. The lowest BCUT2D eigenvalue weighted by Crippen LogP contribution is -2.05.